The number of aromatic nitrogens is 2. The van der Waals surface area contributed by atoms with Crippen molar-refractivity contribution in [2.45, 2.75) is 63.7 Å². The van der Waals surface area contributed by atoms with E-state index in [4.69, 9.17) is 32.9 Å². The number of likely N-dealkylation sites (N-methyl/N-ethyl adjacent to an activating group) is 1. The van der Waals surface area contributed by atoms with E-state index in [9.17, 15) is 13.6 Å². The van der Waals surface area contributed by atoms with Crippen molar-refractivity contribution in [1.29, 1.82) is 0 Å². The molecule has 2 aliphatic heterocycles. The van der Waals surface area contributed by atoms with Crippen LogP contribution in [0.5, 0.6) is 6.01 Å². The Hall–Kier alpha value is -4.01. The summed E-state index contributed by atoms with van der Waals surface area (Å²) in [5, 5.41) is 2.75. The van der Waals surface area contributed by atoms with Crippen molar-refractivity contribution < 1.29 is 18.3 Å². The zero-order valence-electron chi connectivity index (χ0n) is 27.7. The lowest BCUT2D eigenvalue weighted by Gasteiger charge is -2.43. The van der Waals surface area contributed by atoms with E-state index in [1.807, 2.05) is 39.1 Å². The Balaban J connectivity index is 1.29. The summed E-state index contributed by atoms with van der Waals surface area (Å²) < 4.78 is 33.4. The van der Waals surface area contributed by atoms with Crippen molar-refractivity contribution in [2.75, 3.05) is 56.2 Å². The van der Waals surface area contributed by atoms with Gasteiger partial charge >= 0.3 is 6.01 Å². The number of carbonyl (C=O) groups is 1. The minimum atomic E-state index is -2.56. The molecule has 9 nitrogen and oxygen atoms in total. The zero-order chi connectivity index (χ0) is 34.2. The molecular formula is C36H42ClF2N7O2. The molecule has 0 bridgehead atoms. The summed E-state index contributed by atoms with van der Waals surface area (Å²) in [6.07, 6.45) is 1.83. The number of alkyl halides is 2. The normalized spacial score (nSPS) is 20.5. The van der Waals surface area contributed by atoms with Crippen LogP contribution in [0, 0.1) is 12.5 Å². The van der Waals surface area contributed by atoms with Crippen LogP contribution in [0.3, 0.4) is 0 Å². The molecule has 1 saturated carbocycles. The van der Waals surface area contributed by atoms with E-state index in [0.29, 0.717) is 37.6 Å². The van der Waals surface area contributed by atoms with Gasteiger partial charge in [-0.25, -0.2) is 15.4 Å². The monoisotopic (exact) mass is 677 g/mol. The van der Waals surface area contributed by atoms with Crippen LogP contribution in [0.25, 0.3) is 15.6 Å². The number of hydrogen-bond donors (Lipinski definition) is 0. The first-order valence-corrected chi connectivity index (χ1v) is 16.9. The molecule has 0 spiro atoms. The minimum absolute atomic E-state index is 0.0155. The van der Waals surface area contributed by atoms with Gasteiger partial charge < -0.3 is 24.3 Å². The fourth-order valence-corrected chi connectivity index (χ4v) is 7.55. The predicted molar refractivity (Wildman–Crippen MR) is 185 cm³/mol. The Bertz CT molecular complexity index is 1720. The summed E-state index contributed by atoms with van der Waals surface area (Å²) in [4.78, 5) is 34.4. The quantitative estimate of drug-likeness (QED) is 0.190. The molecular weight excluding hydrogens is 636 g/mol. The number of carbonyl (C=O) groups excluding carboxylic acids is 1. The second kappa shape index (κ2) is 13.8. The molecule has 254 valence electrons. The van der Waals surface area contributed by atoms with E-state index in [0.717, 1.165) is 40.1 Å². The van der Waals surface area contributed by atoms with Gasteiger partial charge in [-0.05, 0) is 56.8 Å². The van der Waals surface area contributed by atoms with Crippen molar-refractivity contribution in [3.8, 4) is 6.01 Å². The highest BCUT2D eigenvalue weighted by molar-refractivity contribution is 6.36. The van der Waals surface area contributed by atoms with Crippen molar-refractivity contribution in [1.82, 2.24) is 19.8 Å². The molecule has 3 aliphatic rings. The first kappa shape index (κ1) is 33.9. The number of ether oxygens (including phenoxy) is 1. The lowest BCUT2D eigenvalue weighted by atomic mass is 9.76. The second-order valence-corrected chi connectivity index (χ2v) is 13.7. The average molecular weight is 678 g/mol. The van der Waals surface area contributed by atoms with Gasteiger partial charge in [0.05, 0.1) is 17.3 Å². The summed E-state index contributed by atoms with van der Waals surface area (Å²) in [5.74, 6) is -2.03. The number of fused-ring (bicyclic) bond motifs is 2. The Labute approximate surface area is 285 Å². The van der Waals surface area contributed by atoms with Crippen LogP contribution in [-0.4, -0.2) is 96.1 Å². The highest BCUT2D eigenvalue weighted by Crippen LogP contribution is 2.45. The first-order chi connectivity index (χ1) is 23.0. The van der Waals surface area contributed by atoms with E-state index in [2.05, 4.69) is 44.3 Å². The maximum absolute atomic E-state index is 13.6. The molecule has 0 unspecified atom stereocenters. The van der Waals surface area contributed by atoms with E-state index in [-0.39, 0.29) is 62.0 Å². The lowest BCUT2D eigenvalue weighted by Crippen LogP contribution is -2.56. The number of piperazine rings is 1. The van der Waals surface area contributed by atoms with Gasteiger partial charge in [-0.3, -0.25) is 9.69 Å². The number of hydrogen-bond acceptors (Lipinski definition) is 7. The minimum Gasteiger partial charge on any atom is -0.462 e. The van der Waals surface area contributed by atoms with Crippen LogP contribution >= 0.6 is 11.6 Å². The summed E-state index contributed by atoms with van der Waals surface area (Å²) in [6, 6.07) is 12.0. The van der Waals surface area contributed by atoms with E-state index in [1.54, 1.807) is 4.90 Å². The Morgan fingerprint density at radius 1 is 1.19 bits per heavy atom. The maximum Gasteiger partial charge on any atom is 0.318 e. The van der Waals surface area contributed by atoms with Gasteiger partial charge in [-0.2, -0.15) is 9.97 Å². The standard InChI is InChI=1S/C36H42ClF2N7O2/c1-6-32(47)46-16-15-45(20-27(46)19-40-4)34-28-13-14-44(31-12-8-10-25-9-7-11-29(37)33(25)31)21-30(28)41-35(42-34)48-22-23(2)43(5)24(3)26-17-36(38,39)18-26/h6-12,23-24,26-27H,1,13-22H2,2-3,5H3/t23-,24-,27+/m1/s1. The SMILES string of the molecule is [C-]#[N+]C[C@H]1CN(c2nc(OC[C@@H](C)N(C)[C@H](C)C3CC(F)(F)C3)nc3c2CCN(c2cccc4cccc(Cl)c24)C3)CCN1C(=O)C=C. The van der Waals surface area contributed by atoms with E-state index in [1.165, 1.54) is 6.08 Å². The molecule has 6 rings (SSSR count). The zero-order valence-corrected chi connectivity index (χ0v) is 28.5. The molecule has 0 N–H and O–H groups in total. The van der Waals surface area contributed by atoms with Crippen LogP contribution in [0.15, 0.2) is 49.1 Å². The molecule has 2 fully saturated rings. The van der Waals surface area contributed by atoms with Crippen molar-refractivity contribution in [2.24, 2.45) is 5.92 Å². The number of rotatable bonds is 10. The predicted octanol–water partition coefficient (Wildman–Crippen LogP) is 6.10. The number of anilines is 2. The Morgan fingerprint density at radius 2 is 1.94 bits per heavy atom. The summed E-state index contributed by atoms with van der Waals surface area (Å²) in [7, 11) is 1.95. The third-order valence-electron chi connectivity index (χ3n) is 10.3. The molecule has 2 aromatic carbocycles. The Morgan fingerprint density at radius 3 is 2.65 bits per heavy atom. The van der Waals surface area contributed by atoms with Gasteiger partial charge in [-0.1, -0.05) is 42.4 Å². The average Bonchev–Trinajstić information content (AvgIpc) is 3.07. The third kappa shape index (κ3) is 6.78. The molecule has 1 aliphatic carbocycles. The van der Waals surface area contributed by atoms with E-state index < -0.39 is 5.92 Å². The fourth-order valence-electron chi connectivity index (χ4n) is 7.27. The van der Waals surface area contributed by atoms with Crippen molar-refractivity contribution >= 4 is 39.8 Å². The van der Waals surface area contributed by atoms with Gasteiger partial charge in [0.2, 0.25) is 18.4 Å². The number of nitrogens with zero attached hydrogens (tertiary/aromatic N) is 7. The van der Waals surface area contributed by atoms with Gasteiger partial charge in [-0.15, -0.1) is 0 Å². The largest absolute Gasteiger partial charge is 0.462 e. The summed E-state index contributed by atoms with van der Waals surface area (Å²) in [6.45, 7) is 18.3. The van der Waals surface area contributed by atoms with Gasteiger partial charge in [0.25, 0.3) is 0 Å². The van der Waals surface area contributed by atoms with Gasteiger partial charge in [0, 0.05) is 67.7 Å². The van der Waals surface area contributed by atoms with Crippen LogP contribution in [-0.2, 0) is 17.8 Å². The molecule has 1 amide bonds. The molecule has 3 aromatic rings. The highest BCUT2D eigenvalue weighted by atomic mass is 35.5. The van der Waals surface area contributed by atoms with Crippen LogP contribution < -0.4 is 14.5 Å². The van der Waals surface area contributed by atoms with E-state index >= 15 is 0 Å². The lowest BCUT2D eigenvalue weighted by molar-refractivity contribution is -0.130. The first-order valence-electron chi connectivity index (χ1n) is 16.6. The number of amides is 1. The third-order valence-corrected chi connectivity index (χ3v) is 10.6. The summed E-state index contributed by atoms with van der Waals surface area (Å²) in [5.41, 5.74) is 2.91. The molecule has 1 aromatic heterocycles. The maximum atomic E-state index is 13.6. The fraction of sp³-hybridized carbons (Fsp3) is 0.500. The molecule has 0 radical (unpaired) electrons. The van der Waals surface area contributed by atoms with Crippen LogP contribution in [0.2, 0.25) is 5.02 Å². The molecule has 1 saturated heterocycles. The van der Waals surface area contributed by atoms with Crippen LogP contribution in [0.4, 0.5) is 20.3 Å². The molecule has 3 atom stereocenters. The number of benzene rings is 2. The molecule has 12 heteroatoms. The summed E-state index contributed by atoms with van der Waals surface area (Å²) >= 11 is 6.71. The van der Waals surface area contributed by atoms with Gasteiger partial charge in [0.15, 0.2) is 0 Å². The van der Waals surface area contributed by atoms with Crippen molar-refractivity contribution in [3.05, 3.63) is 76.8 Å². The van der Waals surface area contributed by atoms with Gasteiger partial charge in [0.1, 0.15) is 18.5 Å². The molecule has 48 heavy (non-hydrogen) atoms. The second-order valence-electron chi connectivity index (χ2n) is 13.3. The Kier molecular flexibility index (Phi) is 9.77. The van der Waals surface area contributed by atoms with Crippen LogP contribution in [0.1, 0.15) is 37.9 Å². The smallest absolute Gasteiger partial charge is 0.318 e. The highest BCUT2D eigenvalue weighted by Gasteiger charge is 2.48. The topological polar surface area (TPSA) is 69.4 Å². The molecule has 3 heterocycles. The number of halogens is 3. The van der Waals surface area contributed by atoms with Crippen molar-refractivity contribution in [3.63, 3.8) is 0 Å².